The van der Waals surface area contributed by atoms with Crippen molar-refractivity contribution < 1.29 is 9.53 Å². The molecule has 1 aliphatic heterocycles. The van der Waals surface area contributed by atoms with Gasteiger partial charge >= 0.3 is 0 Å². The minimum absolute atomic E-state index is 0.0509. The van der Waals surface area contributed by atoms with Gasteiger partial charge in [0.05, 0.1) is 0 Å². The molecule has 0 saturated carbocycles. The summed E-state index contributed by atoms with van der Waals surface area (Å²) in [6.07, 6.45) is 4.74. The molecule has 1 aromatic heterocycles. The Balaban J connectivity index is 1.50. The second-order valence-corrected chi connectivity index (χ2v) is 6.64. The Bertz CT molecular complexity index is 705. The van der Waals surface area contributed by atoms with E-state index in [-0.39, 0.29) is 12.5 Å². The second kappa shape index (κ2) is 8.14. The molecule has 3 rings (SSSR count). The number of piperidine rings is 1. The van der Waals surface area contributed by atoms with Crippen LogP contribution in [0.4, 0.5) is 0 Å². The summed E-state index contributed by atoms with van der Waals surface area (Å²) in [6.45, 7) is 6.71. The van der Waals surface area contributed by atoms with E-state index in [0.29, 0.717) is 5.92 Å². The van der Waals surface area contributed by atoms with Crippen LogP contribution in [0.25, 0.3) is 0 Å². The van der Waals surface area contributed by atoms with Crippen LogP contribution in [0.2, 0.25) is 0 Å². The third-order valence-corrected chi connectivity index (χ3v) is 4.67. The standard InChI is InChI=1S/C19H26N4O2/c1-3-9-23-14-20-21-19(23)16-7-10-22(11-8-16)18(24)13-25-17-6-4-5-15(2)12-17/h4-6,12,14,16H,3,7-11,13H2,1-2H3. The molecule has 2 aromatic rings. The fourth-order valence-corrected chi connectivity index (χ4v) is 3.32. The first-order valence-corrected chi connectivity index (χ1v) is 9.02. The SMILES string of the molecule is CCCn1cnnc1C1CCN(C(=O)COc2cccc(C)c2)CC1. The zero-order chi connectivity index (χ0) is 17.6. The van der Waals surface area contributed by atoms with Gasteiger partial charge in [-0.3, -0.25) is 4.79 Å². The molecule has 0 spiro atoms. The van der Waals surface area contributed by atoms with Crippen LogP contribution in [0.15, 0.2) is 30.6 Å². The van der Waals surface area contributed by atoms with Gasteiger partial charge in [0.25, 0.3) is 5.91 Å². The highest BCUT2D eigenvalue weighted by atomic mass is 16.5. The van der Waals surface area contributed by atoms with Gasteiger partial charge in [0.2, 0.25) is 0 Å². The van der Waals surface area contributed by atoms with Crippen molar-refractivity contribution in [2.24, 2.45) is 0 Å². The molecule has 134 valence electrons. The van der Waals surface area contributed by atoms with Gasteiger partial charge in [-0.1, -0.05) is 19.1 Å². The number of amides is 1. The maximum Gasteiger partial charge on any atom is 0.260 e. The van der Waals surface area contributed by atoms with E-state index in [1.54, 1.807) is 0 Å². The molecule has 25 heavy (non-hydrogen) atoms. The van der Waals surface area contributed by atoms with Crippen LogP contribution in [-0.2, 0) is 11.3 Å². The predicted molar refractivity (Wildman–Crippen MR) is 95.5 cm³/mol. The average molecular weight is 342 g/mol. The molecule has 0 unspecified atom stereocenters. The number of carbonyl (C=O) groups is 1. The van der Waals surface area contributed by atoms with Gasteiger partial charge in [0.1, 0.15) is 17.9 Å². The number of hydrogen-bond donors (Lipinski definition) is 0. The summed E-state index contributed by atoms with van der Waals surface area (Å²) in [5.41, 5.74) is 1.13. The van der Waals surface area contributed by atoms with E-state index in [1.165, 1.54) is 0 Å². The van der Waals surface area contributed by atoms with E-state index in [1.807, 2.05) is 42.4 Å². The molecule has 2 heterocycles. The minimum atomic E-state index is 0.0509. The molecule has 1 fully saturated rings. The van der Waals surface area contributed by atoms with Crippen molar-refractivity contribution in [3.63, 3.8) is 0 Å². The first kappa shape index (κ1) is 17.5. The van der Waals surface area contributed by atoms with Gasteiger partial charge in [-0.25, -0.2) is 0 Å². The Kier molecular flexibility index (Phi) is 5.68. The Hall–Kier alpha value is -2.37. The van der Waals surface area contributed by atoms with Gasteiger partial charge in [-0.15, -0.1) is 10.2 Å². The molecular weight excluding hydrogens is 316 g/mol. The number of carbonyl (C=O) groups excluding carboxylic acids is 1. The lowest BCUT2D eigenvalue weighted by molar-refractivity contribution is -0.134. The number of benzene rings is 1. The molecule has 6 nitrogen and oxygen atoms in total. The maximum absolute atomic E-state index is 12.4. The van der Waals surface area contributed by atoms with Crippen LogP contribution < -0.4 is 4.74 Å². The van der Waals surface area contributed by atoms with Crippen molar-refractivity contribution >= 4 is 5.91 Å². The number of nitrogens with zero attached hydrogens (tertiary/aromatic N) is 4. The molecule has 0 aliphatic carbocycles. The fraction of sp³-hybridized carbons (Fsp3) is 0.526. The van der Waals surface area contributed by atoms with E-state index in [2.05, 4.69) is 21.7 Å². The van der Waals surface area contributed by atoms with Gasteiger partial charge in [0.15, 0.2) is 6.61 Å². The highest BCUT2D eigenvalue weighted by molar-refractivity contribution is 5.77. The molecule has 0 bridgehead atoms. The van der Waals surface area contributed by atoms with Gasteiger partial charge in [0, 0.05) is 25.6 Å². The highest BCUT2D eigenvalue weighted by Gasteiger charge is 2.26. The molecule has 1 aliphatic rings. The van der Waals surface area contributed by atoms with E-state index < -0.39 is 0 Å². The molecule has 0 atom stereocenters. The van der Waals surface area contributed by atoms with Crippen LogP contribution >= 0.6 is 0 Å². The minimum Gasteiger partial charge on any atom is -0.484 e. The van der Waals surface area contributed by atoms with Gasteiger partial charge < -0.3 is 14.2 Å². The molecule has 1 amide bonds. The molecule has 0 N–H and O–H groups in total. The van der Waals surface area contributed by atoms with E-state index >= 15 is 0 Å². The summed E-state index contributed by atoms with van der Waals surface area (Å²) in [7, 11) is 0. The van der Waals surface area contributed by atoms with Crippen molar-refractivity contribution in [1.29, 1.82) is 0 Å². The molecular formula is C19H26N4O2. The molecule has 1 aromatic carbocycles. The lowest BCUT2D eigenvalue weighted by Crippen LogP contribution is -2.40. The number of ether oxygens (including phenoxy) is 1. The van der Waals surface area contributed by atoms with Crippen LogP contribution in [0.1, 0.15) is 43.5 Å². The normalized spacial score (nSPS) is 15.4. The number of aromatic nitrogens is 3. The molecule has 1 saturated heterocycles. The Morgan fingerprint density at radius 2 is 2.12 bits per heavy atom. The highest BCUT2D eigenvalue weighted by Crippen LogP contribution is 2.26. The third kappa shape index (κ3) is 4.38. The number of hydrogen-bond acceptors (Lipinski definition) is 4. The van der Waals surface area contributed by atoms with Crippen LogP contribution in [0, 0.1) is 6.92 Å². The largest absolute Gasteiger partial charge is 0.484 e. The van der Waals surface area contributed by atoms with Gasteiger partial charge in [-0.2, -0.15) is 0 Å². The van der Waals surface area contributed by atoms with Crippen molar-refractivity contribution in [3.05, 3.63) is 42.0 Å². The Morgan fingerprint density at radius 3 is 2.84 bits per heavy atom. The van der Waals surface area contributed by atoms with Crippen LogP contribution in [0.3, 0.4) is 0 Å². The van der Waals surface area contributed by atoms with E-state index in [4.69, 9.17) is 4.74 Å². The van der Waals surface area contributed by atoms with Gasteiger partial charge in [-0.05, 0) is 43.9 Å². The summed E-state index contributed by atoms with van der Waals surface area (Å²) >= 11 is 0. The summed E-state index contributed by atoms with van der Waals surface area (Å²) in [4.78, 5) is 14.3. The summed E-state index contributed by atoms with van der Waals surface area (Å²) in [5, 5.41) is 8.35. The van der Waals surface area contributed by atoms with Crippen molar-refractivity contribution in [1.82, 2.24) is 19.7 Å². The number of aryl methyl sites for hydroxylation is 2. The first-order chi connectivity index (χ1) is 12.2. The first-order valence-electron chi connectivity index (χ1n) is 9.02. The smallest absolute Gasteiger partial charge is 0.260 e. The van der Waals surface area contributed by atoms with Crippen molar-refractivity contribution in [2.75, 3.05) is 19.7 Å². The van der Waals surface area contributed by atoms with E-state index in [9.17, 15) is 4.79 Å². The van der Waals surface area contributed by atoms with E-state index in [0.717, 1.165) is 56.0 Å². The average Bonchev–Trinajstić information content (AvgIpc) is 3.08. The Morgan fingerprint density at radius 1 is 1.32 bits per heavy atom. The lowest BCUT2D eigenvalue weighted by atomic mass is 9.96. The fourth-order valence-electron chi connectivity index (χ4n) is 3.32. The second-order valence-electron chi connectivity index (χ2n) is 6.64. The topological polar surface area (TPSA) is 60.2 Å². The maximum atomic E-state index is 12.4. The zero-order valence-corrected chi connectivity index (χ0v) is 15.0. The summed E-state index contributed by atoms with van der Waals surface area (Å²) in [5.74, 6) is 2.24. The van der Waals surface area contributed by atoms with Crippen LogP contribution in [0.5, 0.6) is 5.75 Å². The van der Waals surface area contributed by atoms with Crippen molar-refractivity contribution in [2.45, 2.75) is 45.6 Å². The zero-order valence-electron chi connectivity index (χ0n) is 15.0. The quantitative estimate of drug-likeness (QED) is 0.810. The van der Waals surface area contributed by atoms with Crippen molar-refractivity contribution in [3.8, 4) is 5.75 Å². The summed E-state index contributed by atoms with van der Waals surface area (Å²) in [6, 6.07) is 7.77. The van der Waals surface area contributed by atoms with Crippen LogP contribution in [-0.4, -0.2) is 45.3 Å². The Labute approximate surface area is 148 Å². The predicted octanol–water partition coefficient (Wildman–Crippen LogP) is 2.78. The third-order valence-electron chi connectivity index (χ3n) is 4.67. The molecule has 6 heteroatoms. The lowest BCUT2D eigenvalue weighted by Gasteiger charge is -2.31. The number of rotatable bonds is 6. The monoisotopic (exact) mass is 342 g/mol. The molecule has 0 radical (unpaired) electrons. The number of likely N-dealkylation sites (tertiary alicyclic amines) is 1. The summed E-state index contributed by atoms with van der Waals surface area (Å²) < 4.78 is 7.78.